The van der Waals surface area contributed by atoms with Crippen LogP contribution in [-0.2, 0) is 11.3 Å². The lowest BCUT2D eigenvalue weighted by molar-refractivity contribution is 0.0595. The molecule has 1 aliphatic rings. The van der Waals surface area contributed by atoms with Gasteiger partial charge in [0.25, 0.3) is 0 Å². The first-order valence-corrected chi connectivity index (χ1v) is 9.56. The molecule has 0 radical (unpaired) electrons. The Labute approximate surface area is 169 Å². The standard InChI is InChI=1S/C22H25FN2O4/c1-24-13-11-18(12-14-24)25(15-16-7-9-17(23)10-8-16)22(27)29-20-6-4-3-5-19(20)21(26)28-2/h3-10,18H,11-15H2,1-2H3. The van der Waals surface area contributed by atoms with Crippen LogP contribution in [0.2, 0.25) is 0 Å². The zero-order valence-corrected chi connectivity index (χ0v) is 16.6. The first-order chi connectivity index (χ1) is 14.0. The Kier molecular flexibility index (Phi) is 6.82. The summed E-state index contributed by atoms with van der Waals surface area (Å²) in [5, 5.41) is 0. The van der Waals surface area contributed by atoms with Crippen molar-refractivity contribution < 1.29 is 23.5 Å². The number of hydrogen-bond donors (Lipinski definition) is 0. The molecule has 0 unspecified atom stereocenters. The van der Waals surface area contributed by atoms with E-state index in [4.69, 9.17) is 9.47 Å². The molecule has 29 heavy (non-hydrogen) atoms. The first kappa shape index (κ1) is 20.8. The topological polar surface area (TPSA) is 59.1 Å². The maximum Gasteiger partial charge on any atom is 0.415 e. The average Bonchev–Trinajstić information content (AvgIpc) is 2.74. The van der Waals surface area contributed by atoms with Gasteiger partial charge in [-0.1, -0.05) is 24.3 Å². The molecule has 0 aliphatic carbocycles. The molecule has 0 N–H and O–H groups in total. The molecule has 1 fully saturated rings. The molecule has 0 spiro atoms. The summed E-state index contributed by atoms with van der Waals surface area (Å²) in [6.45, 7) is 2.04. The number of methoxy groups -OCH3 is 1. The molecule has 0 saturated carbocycles. The average molecular weight is 400 g/mol. The second-order valence-electron chi connectivity index (χ2n) is 7.14. The number of rotatable bonds is 5. The molecule has 1 amide bonds. The van der Waals surface area contributed by atoms with Gasteiger partial charge < -0.3 is 19.3 Å². The number of carbonyl (C=O) groups is 2. The Balaban J connectivity index is 1.82. The number of hydrogen-bond acceptors (Lipinski definition) is 5. The van der Waals surface area contributed by atoms with Crippen LogP contribution in [0.4, 0.5) is 9.18 Å². The van der Waals surface area contributed by atoms with Crippen molar-refractivity contribution in [3.63, 3.8) is 0 Å². The molecular weight excluding hydrogens is 375 g/mol. The number of ether oxygens (including phenoxy) is 2. The number of esters is 1. The van der Waals surface area contributed by atoms with Gasteiger partial charge in [-0.05, 0) is 62.8 Å². The summed E-state index contributed by atoms with van der Waals surface area (Å²) in [5.74, 6) is -0.742. The summed E-state index contributed by atoms with van der Waals surface area (Å²) in [6, 6.07) is 12.5. The molecule has 0 bridgehead atoms. The Morgan fingerprint density at radius 2 is 1.76 bits per heavy atom. The van der Waals surface area contributed by atoms with Gasteiger partial charge in [-0.2, -0.15) is 0 Å². The highest BCUT2D eigenvalue weighted by molar-refractivity contribution is 5.93. The van der Waals surface area contributed by atoms with Crippen LogP contribution in [-0.4, -0.2) is 55.2 Å². The van der Waals surface area contributed by atoms with Crippen molar-refractivity contribution in [3.05, 3.63) is 65.5 Å². The van der Waals surface area contributed by atoms with Crippen molar-refractivity contribution in [2.45, 2.75) is 25.4 Å². The molecule has 6 nitrogen and oxygen atoms in total. The minimum absolute atomic E-state index is 0.00552. The molecule has 1 heterocycles. The maximum atomic E-state index is 13.3. The predicted octanol–water partition coefficient (Wildman–Crippen LogP) is 3.71. The quantitative estimate of drug-likeness (QED) is 0.716. The van der Waals surface area contributed by atoms with Gasteiger partial charge in [0.15, 0.2) is 0 Å². The fraction of sp³-hybridized carbons (Fsp3) is 0.364. The highest BCUT2D eigenvalue weighted by Crippen LogP contribution is 2.24. The second-order valence-corrected chi connectivity index (χ2v) is 7.14. The predicted molar refractivity (Wildman–Crippen MR) is 106 cm³/mol. The number of para-hydroxylation sites is 1. The van der Waals surface area contributed by atoms with Crippen molar-refractivity contribution in [2.75, 3.05) is 27.2 Å². The minimum Gasteiger partial charge on any atom is -0.465 e. The highest BCUT2D eigenvalue weighted by atomic mass is 19.1. The smallest absolute Gasteiger partial charge is 0.415 e. The van der Waals surface area contributed by atoms with Crippen LogP contribution in [0.1, 0.15) is 28.8 Å². The van der Waals surface area contributed by atoms with Crippen LogP contribution in [0.3, 0.4) is 0 Å². The number of benzene rings is 2. The summed E-state index contributed by atoms with van der Waals surface area (Å²) in [7, 11) is 3.33. The first-order valence-electron chi connectivity index (χ1n) is 9.56. The molecule has 154 valence electrons. The van der Waals surface area contributed by atoms with Crippen LogP contribution in [0, 0.1) is 5.82 Å². The van der Waals surface area contributed by atoms with Crippen LogP contribution < -0.4 is 4.74 Å². The number of piperidine rings is 1. The maximum absolute atomic E-state index is 13.3. The molecule has 1 aliphatic heterocycles. The van der Waals surface area contributed by atoms with E-state index in [1.165, 1.54) is 19.2 Å². The fourth-order valence-electron chi connectivity index (χ4n) is 3.42. The zero-order chi connectivity index (χ0) is 20.8. The van der Waals surface area contributed by atoms with E-state index >= 15 is 0 Å². The summed E-state index contributed by atoms with van der Waals surface area (Å²) in [6.07, 6.45) is 1.08. The van der Waals surface area contributed by atoms with Crippen molar-refractivity contribution in [1.82, 2.24) is 9.80 Å². The number of amides is 1. The molecular formula is C22H25FN2O4. The summed E-state index contributed by atoms with van der Waals surface area (Å²) in [5.41, 5.74) is 0.997. The minimum atomic E-state index is -0.572. The monoisotopic (exact) mass is 400 g/mol. The van der Waals surface area contributed by atoms with Gasteiger partial charge in [0.05, 0.1) is 7.11 Å². The number of carbonyl (C=O) groups excluding carboxylic acids is 2. The van der Waals surface area contributed by atoms with Gasteiger partial charge in [0.1, 0.15) is 17.1 Å². The lowest BCUT2D eigenvalue weighted by Gasteiger charge is -2.36. The van der Waals surface area contributed by atoms with E-state index in [1.54, 1.807) is 41.3 Å². The summed E-state index contributed by atoms with van der Waals surface area (Å²) >= 11 is 0. The molecule has 3 rings (SSSR count). The van der Waals surface area contributed by atoms with E-state index < -0.39 is 12.1 Å². The van der Waals surface area contributed by atoms with E-state index in [9.17, 15) is 14.0 Å². The van der Waals surface area contributed by atoms with Crippen molar-refractivity contribution in [2.24, 2.45) is 0 Å². The summed E-state index contributed by atoms with van der Waals surface area (Å²) in [4.78, 5) is 28.9. The molecule has 1 saturated heterocycles. The lowest BCUT2D eigenvalue weighted by Crippen LogP contribution is -2.47. The number of nitrogens with zero attached hydrogens (tertiary/aromatic N) is 2. The Hall–Kier alpha value is -2.93. The normalized spacial score (nSPS) is 15.0. The molecule has 0 atom stereocenters. The van der Waals surface area contributed by atoms with E-state index in [0.29, 0.717) is 6.54 Å². The molecule has 2 aromatic rings. The third kappa shape index (κ3) is 5.32. The van der Waals surface area contributed by atoms with Gasteiger partial charge in [0.2, 0.25) is 0 Å². The van der Waals surface area contributed by atoms with Crippen LogP contribution in [0.15, 0.2) is 48.5 Å². The van der Waals surface area contributed by atoms with Gasteiger partial charge in [-0.3, -0.25) is 0 Å². The van der Waals surface area contributed by atoms with Crippen molar-refractivity contribution in [3.8, 4) is 5.75 Å². The third-order valence-corrected chi connectivity index (χ3v) is 5.12. The fourth-order valence-corrected chi connectivity index (χ4v) is 3.42. The zero-order valence-electron chi connectivity index (χ0n) is 16.6. The van der Waals surface area contributed by atoms with E-state index in [2.05, 4.69) is 4.90 Å². The molecule has 7 heteroatoms. The molecule has 0 aromatic heterocycles. The van der Waals surface area contributed by atoms with Crippen LogP contribution in [0.25, 0.3) is 0 Å². The summed E-state index contributed by atoms with van der Waals surface area (Å²) < 4.78 is 23.6. The van der Waals surface area contributed by atoms with Crippen molar-refractivity contribution in [1.29, 1.82) is 0 Å². The number of likely N-dealkylation sites (tertiary alicyclic amines) is 1. The van der Waals surface area contributed by atoms with Crippen molar-refractivity contribution >= 4 is 12.1 Å². The van der Waals surface area contributed by atoms with Gasteiger partial charge in [0, 0.05) is 12.6 Å². The van der Waals surface area contributed by atoms with Crippen LogP contribution in [0.5, 0.6) is 5.75 Å². The van der Waals surface area contributed by atoms with Gasteiger partial charge in [-0.15, -0.1) is 0 Å². The highest BCUT2D eigenvalue weighted by Gasteiger charge is 2.29. The van der Waals surface area contributed by atoms with E-state index in [1.807, 2.05) is 7.05 Å². The molecule has 2 aromatic carbocycles. The van der Waals surface area contributed by atoms with Gasteiger partial charge >= 0.3 is 12.1 Å². The Bertz CT molecular complexity index is 848. The number of halogens is 1. The SMILES string of the molecule is COC(=O)c1ccccc1OC(=O)N(Cc1ccc(F)cc1)C1CCN(C)CC1. The third-order valence-electron chi connectivity index (χ3n) is 5.12. The Morgan fingerprint density at radius 3 is 2.41 bits per heavy atom. The lowest BCUT2D eigenvalue weighted by atomic mass is 10.0. The van der Waals surface area contributed by atoms with E-state index in [0.717, 1.165) is 31.5 Å². The Morgan fingerprint density at radius 1 is 1.10 bits per heavy atom. The van der Waals surface area contributed by atoms with E-state index in [-0.39, 0.29) is 23.2 Å². The van der Waals surface area contributed by atoms with Gasteiger partial charge in [-0.25, -0.2) is 14.0 Å². The van der Waals surface area contributed by atoms with Crippen LogP contribution >= 0.6 is 0 Å². The second kappa shape index (κ2) is 9.52. The largest absolute Gasteiger partial charge is 0.465 e.